The monoisotopic (exact) mass is 376 g/mol. The maximum atomic E-state index is 12.6. The minimum atomic E-state index is -1.10. The second-order valence-corrected chi connectivity index (χ2v) is 6.74. The molecule has 1 aliphatic rings. The fourth-order valence-electron chi connectivity index (χ4n) is 3.30. The van der Waals surface area contributed by atoms with Crippen LogP contribution in [0, 0.1) is 5.92 Å². The van der Waals surface area contributed by atoms with Crippen LogP contribution in [-0.4, -0.2) is 57.5 Å². The van der Waals surface area contributed by atoms with Crippen LogP contribution >= 0.6 is 0 Å². The van der Waals surface area contributed by atoms with Gasteiger partial charge in [-0.2, -0.15) is 0 Å². The number of nitrogens with one attached hydrogen (secondary N) is 1. The van der Waals surface area contributed by atoms with Gasteiger partial charge in [-0.15, -0.1) is 0 Å². The highest BCUT2D eigenvalue weighted by molar-refractivity contribution is 5.92. The van der Waals surface area contributed by atoms with E-state index in [4.69, 9.17) is 5.11 Å². The van der Waals surface area contributed by atoms with E-state index in [9.17, 15) is 24.3 Å². The molecule has 1 unspecified atom stereocenters. The minimum absolute atomic E-state index is 0.237. The van der Waals surface area contributed by atoms with E-state index in [-0.39, 0.29) is 12.8 Å². The first-order valence-corrected chi connectivity index (χ1v) is 8.89. The van der Waals surface area contributed by atoms with Gasteiger partial charge in [0.1, 0.15) is 12.1 Å². The third-order valence-electron chi connectivity index (χ3n) is 4.67. The molecule has 1 aromatic rings. The number of aliphatic carboxylic acids is 2. The molecule has 1 aliphatic heterocycles. The molecule has 27 heavy (non-hydrogen) atoms. The lowest BCUT2D eigenvalue weighted by atomic mass is 9.95. The number of amides is 2. The highest BCUT2D eigenvalue weighted by Crippen LogP contribution is 2.19. The van der Waals surface area contributed by atoms with Gasteiger partial charge in [-0.3, -0.25) is 14.4 Å². The van der Waals surface area contributed by atoms with Gasteiger partial charge in [-0.1, -0.05) is 30.3 Å². The van der Waals surface area contributed by atoms with Crippen molar-refractivity contribution in [3.8, 4) is 0 Å². The van der Waals surface area contributed by atoms with Gasteiger partial charge in [0.2, 0.25) is 11.8 Å². The highest BCUT2D eigenvalue weighted by atomic mass is 16.4. The molecule has 0 aliphatic carbocycles. The van der Waals surface area contributed by atoms with Crippen molar-refractivity contribution in [2.75, 3.05) is 6.54 Å². The lowest BCUT2D eigenvalue weighted by Gasteiger charge is -2.26. The Bertz CT molecular complexity index is 705. The van der Waals surface area contributed by atoms with Crippen LogP contribution in [0.15, 0.2) is 30.3 Å². The second-order valence-electron chi connectivity index (χ2n) is 6.74. The van der Waals surface area contributed by atoms with E-state index < -0.39 is 41.8 Å². The normalized spacial score (nSPS) is 18.6. The van der Waals surface area contributed by atoms with Gasteiger partial charge in [0.05, 0.1) is 12.3 Å². The summed E-state index contributed by atoms with van der Waals surface area (Å²) in [5.74, 6) is -3.99. The first kappa shape index (κ1) is 20.4. The number of carboxylic acid groups (broad SMARTS) is 2. The molecule has 8 heteroatoms. The average Bonchev–Trinajstić information content (AvgIpc) is 3.11. The Morgan fingerprint density at radius 3 is 2.44 bits per heavy atom. The summed E-state index contributed by atoms with van der Waals surface area (Å²) in [4.78, 5) is 48.7. The molecule has 1 heterocycles. The first-order valence-electron chi connectivity index (χ1n) is 8.89. The predicted molar refractivity (Wildman–Crippen MR) is 95.9 cm³/mol. The smallest absolute Gasteiger partial charge is 0.326 e. The first-order chi connectivity index (χ1) is 12.8. The zero-order valence-corrected chi connectivity index (χ0v) is 15.1. The number of likely N-dealkylation sites (tertiary alicyclic amines) is 1. The van der Waals surface area contributed by atoms with E-state index in [0.717, 1.165) is 5.56 Å². The SMILES string of the molecule is C[C@H](NC(=O)C(CC(=O)O)Cc1ccccc1)C(=O)N1CCC[C@H]1C(=O)O. The minimum Gasteiger partial charge on any atom is -0.481 e. The summed E-state index contributed by atoms with van der Waals surface area (Å²) in [5.41, 5.74) is 0.823. The van der Waals surface area contributed by atoms with Crippen LogP contribution in [0.2, 0.25) is 0 Å². The number of nitrogens with zero attached hydrogens (tertiary/aromatic N) is 1. The summed E-state index contributed by atoms with van der Waals surface area (Å²) >= 11 is 0. The second kappa shape index (κ2) is 9.16. The van der Waals surface area contributed by atoms with E-state index >= 15 is 0 Å². The summed E-state index contributed by atoms with van der Waals surface area (Å²) in [6, 6.07) is 7.23. The average molecular weight is 376 g/mol. The van der Waals surface area contributed by atoms with Crippen molar-refractivity contribution >= 4 is 23.8 Å². The molecule has 0 spiro atoms. The zero-order valence-electron chi connectivity index (χ0n) is 15.1. The highest BCUT2D eigenvalue weighted by Gasteiger charge is 2.36. The van der Waals surface area contributed by atoms with E-state index in [2.05, 4.69) is 5.32 Å². The molecule has 2 rings (SSSR count). The Morgan fingerprint density at radius 2 is 1.85 bits per heavy atom. The Kier molecular flexibility index (Phi) is 6.92. The molecule has 0 bridgehead atoms. The summed E-state index contributed by atoms with van der Waals surface area (Å²) in [6.07, 6.45) is 0.862. The van der Waals surface area contributed by atoms with Crippen molar-refractivity contribution in [2.24, 2.45) is 5.92 Å². The molecular weight excluding hydrogens is 352 g/mol. The summed E-state index contributed by atoms with van der Waals surface area (Å²) in [5, 5.41) is 20.9. The number of hydrogen-bond acceptors (Lipinski definition) is 4. The largest absolute Gasteiger partial charge is 0.481 e. The van der Waals surface area contributed by atoms with Gasteiger partial charge in [-0.05, 0) is 31.7 Å². The van der Waals surface area contributed by atoms with Crippen molar-refractivity contribution in [1.82, 2.24) is 10.2 Å². The number of carbonyl (C=O) groups is 4. The molecule has 146 valence electrons. The molecule has 1 fully saturated rings. The number of carboxylic acids is 2. The predicted octanol–water partition coefficient (Wildman–Crippen LogP) is 0.900. The summed E-state index contributed by atoms with van der Waals surface area (Å²) in [7, 11) is 0. The van der Waals surface area contributed by atoms with Crippen LogP contribution < -0.4 is 5.32 Å². The van der Waals surface area contributed by atoms with Crippen molar-refractivity contribution in [2.45, 2.75) is 44.7 Å². The number of rotatable bonds is 8. The number of carbonyl (C=O) groups excluding carboxylic acids is 2. The topological polar surface area (TPSA) is 124 Å². The molecule has 8 nitrogen and oxygen atoms in total. The van der Waals surface area contributed by atoms with E-state index in [1.807, 2.05) is 6.07 Å². The number of benzene rings is 1. The maximum Gasteiger partial charge on any atom is 0.326 e. The van der Waals surface area contributed by atoms with Crippen LogP contribution in [0.4, 0.5) is 0 Å². The van der Waals surface area contributed by atoms with Gasteiger partial charge in [0.25, 0.3) is 0 Å². The van der Waals surface area contributed by atoms with Gasteiger partial charge >= 0.3 is 11.9 Å². The lowest BCUT2D eigenvalue weighted by molar-refractivity contribution is -0.149. The summed E-state index contributed by atoms with van der Waals surface area (Å²) < 4.78 is 0. The molecule has 2 amide bonds. The van der Waals surface area contributed by atoms with Crippen LogP contribution in [0.5, 0.6) is 0 Å². The molecule has 0 saturated carbocycles. The lowest BCUT2D eigenvalue weighted by Crippen LogP contribution is -2.51. The van der Waals surface area contributed by atoms with Crippen molar-refractivity contribution in [3.63, 3.8) is 0 Å². The van der Waals surface area contributed by atoms with Crippen LogP contribution in [0.25, 0.3) is 0 Å². The molecule has 3 atom stereocenters. The van der Waals surface area contributed by atoms with Crippen LogP contribution in [0.3, 0.4) is 0 Å². The van der Waals surface area contributed by atoms with E-state index in [0.29, 0.717) is 19.4 Å². The Hall–Kier alpha value is -2.90. The molecule has 0 aromatic heterocycles. The van der Waals surface area contributed by atoms with Crippen molar-refractivity contribution in [1.29, 1.82) is 0 Å². The molecule has 1 saturated heterocycles. The van der Waals surface area contributed by atoms with Gasteiger partial charge in [-0.25, -0.2) is 4.79 Å². The molecule has 1 aromatic carbocycles. The van der Waals surface area contributed by atoms with E-state index in [1.165, 1.54) is 11.8 Å². The molecular formula is C19H24N2O6. The fourth-order valence-corrected chi connectivity index (χ4v) is 3.30. The standard InChI is InChI=1S/C19H24N2O6/c1-12(18(25)21-9-5-8-15(21)19(26)27)20-17(24)14(11-16(22)23)10-13-6-3-2-4-7-13/h2-4,6-7,12,14-15H,5,8-11H2,1H3,(H,20,24)(H,22,23)(H,26,27)/t12-,14?,15-/m0/s1. The summed E-state index contributed by atoms with van der Waals surface area (Å²) in [6.45, 7) is 1.82. The number of hydrogen-bond donors (Lipinski definition) is 3. The van der Waals surface area contributed by atoms with Crippen molar-refractivity contribution < 1.29 is 29.4 Å². The third-order valence-corrected chi connectivity index (χ3v) is 4.67. The van der Waals surface area contributed by atoms with Gasteiger partial charge in [0.15, 0.2) is 0 Å². The Balaban J connectivity index is 2.03. The molecule has 0 radical (unpaired) electrons. The quantitative estimate of drug-likeness (QED) is 0.619. The zero-order chi connectivity index (χ0) is 20.0. The Labute approximate surface area is 157 Å². The Morgan fingerprint density at radius 1 is 1.19 bits per heavy atom. The molecule has 3 N–H and O–H groups in total. The third kappa shape index (κ3) is 5.54. The van der Waals surface area contributed by atoms with Crippen LogP contribution in [0.1, 0.15) is 31.7 Å². The van der Waals surface area contributed by atoms with E-state index in [1.54, 1.807) is 24.3 Å². The van der Waals surface area contributed by atoms with Gasteiger partial charge < -0.3 is 20.4 Å². The fraction of sp³-hybridized carbons (Fsp3) is 0.474. The maximum absolute atomic E-state index is 12.6. The van der Waals surface area contributed by atoms with Crippen LogP contribution in [-0.2, 0) is 25.6 Å². The van der Waals surface area contributed by atoms with Crippen molar-refractivity contribution in [3.05, 3.63) is 35.9 Å². The van der Waals surface area contributed by atoms with Gasteiger partial charge in [0, 0.05) is 6.54 Å².